The Hall–Kier alpha value is -2.80. The van der Waals surface area contributed by atoms with Gasteiger partial charge in [0.05, 0.1) is 0 Å². The van der Waals surface area contributed by atoms with Crippen molar-refractivity contribution < 1.29 is 4.74 Å². The van der Waals surface area contributed by atoms with Crippen LogP contribution in [0.4, 0.5) is 0 Å². The molecule has 3 aromatic rings. The van der Waals surface area contributed by atoms with Crippen LogP contribution in [0, 0.1) is 6.92 Å². The number of allylic oxidation sites excluding steroid dienone is 1. The van der Waals surface area contributed by atoms with E-state index in [2.05, 4.69) is 61.5 Å². The molecule has 0 aromatic heterocycles. The van der Waals surface area contributed by atoms with Gasteiger partial charge in [0.1, 0.15) is 11.5 Å². The number of ether oxygens (including phenoxy) is 1. The lowest BCUT2D eigenvalue weighted by molar-refractivity contribution is 0.492. The molecule has 23 heavy (non-hydrogen) atoms. The second-order valence-corrected chi connectivity index (χ2v) is 5.93. The van der Waals surface area contributed by atoms with Gasteiger partial charge >= 0.3 is 0 Å². The first-order chi connectivity index (χ1) is 11.3. The first-order valence-electron chi connectivity index (χ1n) is 7.92. The second-order valence-electron chi connectivity index (χ2n) is 5.93. The average molecular weight is 298 g/mol. The van der Waals surface area contributed by atoms with Gasteiger partial charge in [0.2, 0.25) is 0 Å². The average Bonchev–Trinajstić information content (AvgIpc) is 2.62. The quantitative estimate of drug-likeness (QED) is 0.602. The maximum absolute atomic E-state index is 6.15. The molecule has 0 amide bonds. The largest absolute Gasteiger partial charge is 0.457 e. The van der Waals surface area contributed by atoms with E-state index in [1.54, 1.807) is 0 Å². The van der Waals surface area contributed by atoms with Crippen molar-refractivity contribution in [2.24, 2.45) is 0 Å². The first-order valence-corrected chi connectivity index (χ1v) is 7.92. The summed E-state index contributed by atoms with van der Waals surface area (Å²) in [6, 6.07) is 27.3. The molecule has 3 aromatic carbocycles. The summed E-state index contributed by atoms with van der Waals surface area (Å²) in [4.78, 5) is 0. The van der Waals surface area contributed by atoms with Crippen molar-refractivity contribution in [3.63, 3.8) is 0 Å². The summed E-state index contributed by atoms with van der Waals surface area (Å²) in [6.45, 7) is 2.12. The van der Waals surface area contributed by atoms with Gasteiger partial charge in [-0.05, 0) is 24.6 Å². The lowest BCUT2D eigenvalue weighted by Gasteiger charge is -2.25. The van der Waals surface area contributed by atoms with Crippen molar-refractivity contribution in [3.05, 3.63) is 107 Å². The summed E-state index contributed by atoms with van der Waals surface area (Å²) in [7, 11) is 0. The maximum Gasteiger partial charge on any atom is 0.131 e. The van der Waals surface area contributed by atoms with Crippen molar-refractivity contribution in [3.8, 4) is 5.75 Å². The van der Waals surface area contributed by atoms with Crippen molar-refractivity contribution in [1.29, 1.82) is 0 Å². The highest BCUT2D eigenvalue weighted by Gasteiger charge is 2.23. The summed E-state index contributed by atoms with van der Waals surface area (Å²) < 4.78 is 6.15. The number of fused-ring (bicyclic) bond motifs is 1. The molecule has 0 aliphatic carbocycles. The zero-order valence-electron chi connectivity index (χ0n) is 13.1. The molecule has 0 unspecified atom stereocenters. The number of hydrogen-bond donors (Lipinski definition) is 0. The van der Waals surface area contributed by atoms with Crippen LogP contribution in [0.15, 0.2) is 84.9 Å². The predicted octanol–water partition coefficient (Wildman–Crippen LogP) is 5.56. The van der Waals surface area contributed by atoms with Crippen molar-refractivity contribution >= 4 is 5.76 Å². The molecule has 0 N–H and O–H groups in total. The lowest BCUT2D eigenvalue weighted by Crippen LogP contribution is -2.10. The fourth-order valence-electron chi connectivity index (χ4n) is 3.03. The number of rotatable bonds is 2. The Morgan fingerprint density at radius 2 is 1.43 bits per heavy atom. The number of benzene rings is 3. The molecular weight excluding hydrogens is 280 g/mol. The van der Waals surface area contributed by atoms with Gasteiger partial charge < -0.3 is 4.74 Å². The van der Waals surface area contributed by atoms with Crippen LogP contribution in [-0.4, -0.2) is 0 Å². The summed E-state index contributed by atoms with van der Waals surface area (Å²) >= 11 is 0. The van der Waals surface area contributed by atoms with E-state index < -0.39 is 0 Å². The highest BCUT2D eigenvalue weighted by molar-refractivity contribution is 5.68. The van der Waals surface area contributed by atoms with Crippen LogP contribution in [0.5, 0.6) is 5.75 Å². The minimum Gasteiger partial charge on any atom is -0.457 e. The van der Waals surface area contributed by atoms with E-state index in [0.29, 0.717) is 0 Å². The molecule has 1 atom stereocenters. The molecule has 0 bridgehead atoms. The maximum atomic E-state index is 6.15. The Balaban J connectivity index is 1.84. The summed E-state index contributed by atoms with van der Waals surface area (Å²) in [5, 5.41) is 0. The predicted molar refractivity (Wildman–Crippen MR) is 94.5 cm³/mol. The summed E-state index contributed by atoms with van der Waals surface area (Å²) in [6.07, 6.45) is 2.22. The summed E-state index contributed by atoms with van der Waals surface area (Å²) in [5.74, 6) is 2.09. The Morgan fingerprint density at radius 1 is 0.739 bits per heavy atom. The van der Waals surface area contributed by atoms with Gasteiger partial charge in [-0.15, -0.1) is 0 Å². The molecule has 4 rings (SSSR count). The minimum absolute atomic E-state index is 0.218. The monoisotopic (exact) mass is 298 g/mol. The van der Waals surface area contributed by atoms with Gasteiger partial charge in [-0.2, -0.15) is 0 Å². The van der Waals surface area contributed by atoms with Gasteiger partial charge in [0.15, 0.2) is 0 Å². The number of hydrogen-bond acceptors (Lipinski definition) is 1. The molecular formula is C22H18O. The SMILES string of the molecule is Cc1ccc([C@H]2C=C(c3ccccc3)Oc3ccccc32)cc1. The third kappa shape index (κ3) is 2.66. The van der Waals surface area contributed by atoms with Crippen LogP contribution in [0.3, 0.4) is 0 Å². The zero-order chi connectivity index (χ0) is 15.6. The van der Waals surface area contributed by atoms with Crippen molar-refractivity contribution in [1.82, 2.24) is 0 Å². The summed E-state index contributed by atoms with van der Waals surface area (Å²) in [5.41, 5.74) is 4.90. The molecule has 1 nitrogen and oxygen atoms in total. The Labute approximate surface area is 136 Å². The van der Waals surface area contributed by atoms with Gasteiger partial charge in [-0.1, -0.05) is 78.4 Å². The fourth-order valence-corrected chi connectivity index (χ4v) is 3.03. The topological polar surface area (TPSA) is 9.23 Å². The minimum atomic E-state index is 0.218. The van der Waals surface area contributed by atoms with E-state index in [4.69, 9.17) is 4.74 Å². The molecule has 112 valence electrons. The fraction of sp³-hybridized carbons (Fsp3) is 0.0909. The number of aryl methyl sites for hydroxylation is 1. The van der Waals surface area contributed by atoms with Crippen LogP contribution in [0.1, 0.15) is 28.2 Å². The van der Waals surface area contributed by atoms with E-state index in [9.17, 15) is 0 Å². The zero-order valence-corrected chi connectivity index (χ0v) is 13.1. The van der Waals surface area contributed by atoms with Crippen LogP contribution < -0.4 is 4.74 Å². The van der Waals surface area contributed by atoms with Crippen molar-refractivity contribution in [2.75, 3.05) is 0 Å². The van der Waals surface area contributed by atoms with Crippen LogP contribution in [0.2, 0.25) is 0 Å². The van der Waals surface area contributed by atoms with Crippen LogP contribution in [0.25, 0.3) is 5.76 Å². The van der Waals surface area contributed by atoms with E-state index in [1.807, 2.05) is 30.3 Å². The van der Waals surface area contributed by atoms with Gasteiger partial charge in [0, 0.05) is 17.0 Å². The van der Waals surface area contributed by atoms with E-state index in [-0.39, 0.29) is 5.92 Å². The lowest BCUT2D eigenvalue weighted by atomic mass is 9.87. The van der Waals surface area contributed by atoms with Gasteiger partial charge in [0.25, 0.3) is 0 Å². The van der Waals surface area contributed by atoms with Crippen LogP contribution in [-0.2, 0) is 0 Å². The molecule has 0 saturated heterocycles. The Kier molecular flexibility index (Phi) is 3.47. The van der Waals surface area contributed by atoms with Crippen molar-refractivity contribution in [2.45, 2.75) is 12.8 Å². The third-order valence-electron chi connectivity index (χ3n) is 4.29. The Bertz CT molecular complexity index is 845. The molecule has 1 heteroatoms. The highest BCUT2D eigenvalue weighted by atomic mass is 16.5. The van der Waals surface area contributed by atoms with E-state index in [0.717, 1.165) is 17.1 Å². The second kappa shape index (κ2) is 5.77. The van der Waals surface area contributed by atoms with Gasteiger partial charge in [-0.25, -0.2) is 0 Å². The highest BCUT2D eigenvalue weighted by Crippen LogP contribution is 2.40. The first kappa shape index (κ1) is 13.8. The molecule has 0 radical (unpaired) electrons. The molecule has 1 aliphatic rings. The van der Waals surface area contributed by atoms with E-state index >= 15 is 0 Å². The number of para-hydroxylation sites is 1. The standard InChI is InChI=1S/C22H18O/c1-16-11-13-17(14-12-16)20-15-22(18-7-3-2-4-8-18)23-21-10-6-5-9-19(20)21/h2-15,20H,1H3/t20-/m1/s1. The molecule has 1 aliphatic heterocycles. The molecule has 0 saturated carbocycles. The van der Waals surface area contributed by atoms with Crippen LogP contribution >= 0.6 is 0 Å². The van der Waals surface area contributed by atoms with Gasteiger partial charge in [-0.3, -0.25) is 0 Å². The normalized spacial score (nSPS) is 16.2. The third-order valence-corrected chi connectivity index (χ3v) is 4.29. The van der Waals surface area contributed by atoms with E-state index in [1.165, 1.54) is 16.7 Å². The Morgan fingerprint density at radius 3 is 2.22 bits per heavy atom. The molecule has 0 fully saturated rings. The molecule has 1 heterocycles. The molecule has 0 spiro atoms. The smallest absolute Gasteiger partial charge is 0.131 e.